The van der Waals surface area contributed by atoms with E-state index < -0.39 is 30.2 Å². The molecule has 2 N–H and O–H groups in total. The van der Waals surface area contributed by atoms with Crippen LogP contribution in [0.25, 0.3) is 0 Å². The number of carboxylic acid groups (broad SMARTS) is 1. The van der Waals surface area contributed by atoms with Gasteiger partial charge in [-0.3, -0.25) is 4.79 Å². The first-order valence-corrected chi connectivity index (χ1v) is 6.64. The van der Waals surface area contributed by atoms with Crippen molar-refractivity contribution in [1.82, 2.24) is 10.2 Å². The Morgan fingerprint density at radius 2 is 2.05 bits per heavy atom. The Labute approximate surface area is 120 Å². The van der Waals surface area contributed by atoms with E-state index in [4.69, 9.17) is 5.11 Å². The molecule has 1 aromatic rings. The van der Waals surface area contributed by atoms with Crippen LogP contribution >= 0.6 is 0 Å². The Kier molecular flexibility index (Phi) is 4.72. The van der Waals surface area contributed by atoms with Gasteiger partial charge in [0.05, 0.1) is 0 Å². The normalized spacial score (nSPS) is 13.8. The van der Waals surface area contributed by atoms with Gasteiger partial charge >= 0.3 is 12.0 Å². The largest absolute Gasteiger partial charge is 0.480 e. The molecule has 1 aliphatic rings. The summed E-state index contributed by atoms with van der Waals surface area (Å²) >= 11 is 0. The second-order valence-electron chi connectivity index (χ2n) is 5.11. The summed E-state index contributed by atoms with van der Waals surface area (Å²) in [6.45, 7) is -0.235. The molecular formula is C14H16F2N2O3. The zero-order valence-corrected chi connectivity index (χ0v) is 11.3. The van der Waals surface area contributed by atoms with Gasteiger partial charge in [0.25, 0.3) is 0 Å². The molecule has 2 rings (SSSR count). The van der Waals surface area contributed by atoms with Crippen molar-refractivity contribution in [2.75, 3.05) is 13.1 Å². The molecule has 0 heterocycles. The topological polar surface area (TPSA) is 69.6 Å². The van der Waals surface area contributed by atoms with Crippen LogP contribution in [0.4, 0.5) is 13.6 Å². The number of nitrogens with zero attached hydrogens (tertiary/aromatic N) is 1. The maximum Gasteiger partial charge on any atom is 0.323 e. The summed E-state index contributed by atoms with van der Waals surface area (Å²) in [7, 11) is 0. The Morgan fingerprint density at radius 3 is 2.67 bits per heavy atom. The average Bonchev–Trinajstić information content (AvgIpc) is 3.22. The maximum absolute atomic E-state index is 13.4. The van der Waals surface area contributed by atoms with E-state index >= 15 is 0 Å². The number of nitrogens with one attached hydrogen (secondary N) is 1. The molecule has 0 aliphatic heterocycles. The molecule has 0 spiro atoms. The second kappa shape index (κ2) is 6.51. The van der Waals surface area contributed by atoms with Gasteiger partial charge in [0, 0.05) is 18.7 Å². The number of carboxylic acids is 1. The van der Waals surface area contributed by atoms with Gasteiger partial charge in [-0.1, -0.05) is 0 Å². The molecule has 0 saturated heterocycles. The lowest BCUT2D eigenvalue weighted by atomic mass is 10.2. The first-order chi connectivity index (χ1) is 9.95. The van der Waals surface area contributed by atoms with Crippen LogP contribution in [0.15, 0.2) is 18.2 Å². The molecule has 5 nitrogen and oxygen atoms in total. The summed E-state index contributed by atoms with van der Waals surface area (Å²) < 4.78 is 26.4. The van der Waals surface area contributed by atoms with Crippen molar-refractivity contribution in [3.05, 3.63) is 35.4 Å². The minimum absolute atomic E-state index is 0.0186. The second-order valence-corrected chi connectivity index (χ2v) is 5.11. The third kappa shape index (κ3) is 4.70. The lowest BCUT2D eigenvalue weighted by Crippen LogP contribution is -2.43. The van der Waals surface area contributed by atoms with Gasteiger partial charge in [0.2, 0.25) is 0 Å². The van der Waals surface area contributed by atoms with Crippen molar-refractivity contribution in [2.45, 2.75) is 19.4 Å². The van der Waals surface area contributed by atoms with E-state index in [-0.39, 0.29) is 12.1 Å². The van der Waals surface area contributed by atoms with Crippen LogP contribution in [0.1, 0.15) is 18.4 Å². The number of carbonyl (C=O) groups is 2. The predicted octanol–water partition coefficient (Wildman–Crippen LogP) is 1.97. The molecule has 0 atom stereocenters. The number of urea groups is 1. The van der Waals surface area contributed by atoms with E-state index in [2.05, 4.69) is 5.32 Å². The van der Waals surface area contributed by atoms with Crippen molar-refractivity contribution in [3.63, 3.8) is 0 Å². The zero-order valence-electron chi connectivity index (χ0n) is 11.3. The number of hydrogen-bond acceptors (Lipinski definition) is 2. The summed E-state index contributed by atoms with van der Waals surface area (Å²) in [5.41, 5.74) is 0.0186. The summed E-state index contributed by atoms with van der Waals surface area (Å²) in [6, 6.07) is 2.38. The van der Waals surface area contributed by atoms with Gasteiger partial charge < -0.3 is 15.3 Å². The van der Waals surface area contributed by atoms with Crippen LogP contribution < -0.4 is 5.32 Å². The number of carbonyl (C=O) groups excluding carboxylic acids is 1. The minimum atomic E-state index is -1.11. The van der Waals surface area contributed by atoms with Crippen LogP contribution in [0.5, 0.6) is 0 Å². The molecule has 1 aromatic carbocycles. The molecule has 0 radical (unpaired) electrons. The summed E-state index contributed by atoms with van der Waals surface area (Å²) in [5, 5.41) is 11.2. The number of halogens is 2. The van der Waals surface area contributed by atoms with E-state index in [1.54, 1.807) is 0 Å². The molecular weight excluding hydrogens is 282 g/mol. The molecule has 0 aromatic heterocycles. The highest BCUT2D eigenvalue weighted by Crippen LogP contribution is 2.29. The molecule has 0 unspecified atom stereocenters. The number of amides is 2. The fourth-order valence-corrected chi connectivity index (χ4v) is 1.96. The van der Waals surface area contributed by atoms with Gasteiger partial charge in [0.1, 0.15) is 18.2 Å². The van der Waals surface area contributed by atoms with E-state index in [0.29, 0.717) is 12.5 Å². The van der Waals surface area contributed by atoms with E-state index in [0.717, 1.165) is 31.0 Å². The standard InChI is InChI=1S/C14H16F2N2O3/c15-11-3-4-12(16)10(5-11)6-17-14(21)18(8-13(19)20)7-9-1-2-9/h3-5,9H,1-2,6-8H2,(H,17,21)(H,19,20). The number of aliphatic carboxylic acids is 1. The first kappa shape index (κ1) is 15.2. The Hall–Kier alpha value is -2.18. The van der Waals surface area contributed by atoms with Crippen LogP contribution in [0.3, 0.4) is 0 Å². The number of hydrogen-bond donors (Lipinski definition) is 2. The van der Waals surface area contributed by atoms with Crippen molar-refractivity contribution >= 4 is 12.0 Å². The quantitative estimate of drug-likeness (QED) is 0.843. The Balaban J connectivity index is 1.94. The maximum atomic E-state index is 13.4. The average molecular weight is 298 g/mol. The highest BCUT2D eigenvalue weighted by atomic mass is 19.1. The van der Waals surface area contributed by atoms with E-state index in [1.807, 2.05) is 0 Å². The molecule has 7 heteroatoms. The zero-order chi connectivity index (χ0) is 15.4. The molecule has 2 amide bonds. The predicted molar refractivity (Wildman–Crippen MR) is 70.5 cm³/mol. The van der Waals surface area contributed by atoms with Gasteiger partial charge in [-0.25, -0.2) is 13.6 Å². The highest BCUT2D eigenvalue weighted by Gasteiger charge is 2.27. The van der Waals surface area contributed by atoms with Crippen LogP contribution in [-0.2, 0) is 11.3 Å². The van der Waals surface area contributed by atoms with Crippen LogP contribution in [0, 0.1) is 17.6 Å². The third-order valence-corrected chi connectivity index (χ3v) is 3.23. The molecule has 0 bridgehead atoms. The van der Waals surface area contributed by atoms with Crippen molar-refractivity contribution < 1.29 is 23.5 Å². The third-order valence-electron chi connectivity index (χ3n) is 3.23. The van der Waals surface area contributed by atoms with E-state index in [1.165, 1.54) is 4.90 Å². The Bertz CT molecular complexity index is 547. The lowest BCUT2D eigenvalue weighted by Gasteiger charge is -2.21. The fraction of sp³-hybridized carbons (Fsp3) is 0.429. The van der Waals surface area contributed by atoms with Gasteiger partial charge in [-0.2, -0.15) is 0 Å². The minimum Gasteiger partial charge on any atom is -0.480 e. The highest BCUT2D eigenvalue weighted by molar-refractivity contribution is 5.80. The van der Waals surface area contributed by atoms with Crippen LogP contribution in [-0.4, -0.2) is 35.1 Å². The molecule has 21 heavy (non-hydrogen) atoms. The van der Waals surface area contributed by atoms with Crippen LogP contribution in [0.2, 0.25) is 0 Å². The van der Waals surface area contributed by atoms with Gasteiger partial charge in [-0.05, 0) is 37.0 Å². The first-order valence-electron chi connectivity index (χ1n) is 6.64. The van der Waals surface area contributed by atoms with Crippen molar-refractivity contribution in [2.24, 2.45) is 5.92 Å². The SMILES string of the molecule is O=C(O)CN(CC1CC1)C(=O)NCc1cc(F)ccc1F. The van der Waals surface area contributed by atoms with Crippen molar-refractivity contribution in [3.8, 4) is 0 Å². The number of benzene rings is 1. The summed E-state index contributed by atoms with van der Waals surface area (Å²) in [6.07, 6.45) is 1.95. The van der Waals surface area contributed by atoms with E-state index in [9.17, 15) is 18.4 Å². The summed E-state index contributed by atoms with van der Waals surface area (Å²) in [5.74, 6) is -1.99. The van der Waals surface area contributed by atoms with Gasteiger partial charge in [-0.15, -0.1) is 0 Å². The fourth-order valence-electron chi connectivity index (χ4n) is 1.96. The van der Waals surface area contributed by atoms with Crippen molar-refractivity contribution in [1.29, 1.82) is 0 Å². The smallest absolute Gasteiger partial charge is 0.323 e. The lowest BCUT2D eigenvalue weighted by molar-refractivity contribution is -0.137. The molecule has 114 valence electrons. The monoisotopic (exact) mass is 298 g/mol. The molecule has 1 fully saturated rings. The van der Waals surface area contributed by atoms with Gasteiger partial charge in [0.15, 0.2) is 0 Å². The Morgan fingerprint density at radius 1 is 1.33 bits per heavy atom. The molecule has 1 aliphatic carbocycles. The number of rotatable bonds is 6. The molecule has 1 saturated carbocycles. The summed E-state index contributed by atoms with van der Waals surface area (Å²) in [4.78, 5) is 23.9.